The van der Waals surface area contributed by atoms with Gasteiger partial charge in [-0.3, -0.25) is 4.79 Å². The van der Waals surface area contributed by atoms with Crippen molar-refractivity contribution in [1.29, 1.82) is 0 Å². The van der Waals surface area contributed by atoms with Crippen molar-refractivity contribution in [3.05, 3.63) is 34.6 Å². The minimum Gasteiger partial charge on any atom is -0.351 e. The van der Waals surface area contributed by atoms with Gasteiger partial charge in [0.25, 0.3) is 5.91 Å². The van der Waals surface area contributed by atoms with E-state index in [2.05, 4.69) is 17.1 Å². The maximum Gasteiger partial charge on any atom is 0.255 e. The molecule has 1 aliphatic rings. The molecule has 1 fully saturated rings. The van der Waals surface area contributed by atoms with Gasteiger partial charge in [-0.25, -0.2) is 4.39 Å². The number of likely N-dealkylation sites (tertiary alicyclic amines) is 1. The summed E-state index contributed by atoms with van der Waals surface area (Å²) < 4.78 is 13.6. The van der Waals surface area contributed by atoms with E-state index in [1.54, 1.807) is 0 Å². The Labute approximate surface area is 124 Å². The zero-order chi connectivity index (χ0) is 14.5. The third-order valence-corrected chi connectivity index (χ3v) is 4.09. The van der Waals surface area contributed by atoms with Crippen LogP contribution in [0.1, 0.15) is 30.1 Å². The monoisotopic (exact) mass is 298 g/mol. The fourth-order valence-corrected chi connectivity index (χ4v) is 2.67. The van der Waals surface area contributed by atoms with Crippen LogP contribution >= 0.6 is 11.6 Å². The standard InChI is InChI=1S/C15H20ClFN2O/c1-11-5-8-19(9-6-11)10-7-18-15(20)14-12(16)3-2-4-13(14)17/h2-4,11H,5-10H2,1H3,(H,18,20). The molecule has 0 unspecified atom stereocenters. The number of amides is 1. The van der Waals surface area contributed by atoms with Crippen molar-refractivity contribution in [1.82, 2.24) is 10.2 Å². The molecule has 0 bridgehead atoms. The van der Waals surface area contributed by atoms with Gasteiger partial charge < -0.3 is 10.2 Å². The van der Waals surface area contributed by atoms with E-state index in [9.17, 15) is 9.18 Å². The minimum absolute atomic E-state index is 0.0681. The molecule has 110 valence electrons. The van der Waals surface area contributed by atoms with Crippen LogP contribution in [0.5, 0.6) is 0 Å². The molecule has 1 heterocycles. The number of halogens is 2. The number of carbonyl (C=O) groups is 1. The third-order valence-electron chi connectivity index (χ3n) is 3.78. The summed E-state index contributed by atoms with van der Waals surface area (Å²) >= 11 is 5.86. The Morgan fingerprint density at radius 1 is 1.45 bits per heavy atom. The van der Waals surface area contributed by atoms with Crippen molar-refractivity contribution >= 4 is 17.5 Å². The number of nitrogens with one attached hydrogen (secondary N) is 1. The lowest BCUT2D eigenvalue weighted by Crippen LogP contribution is -2.39. The van der Waals surface area contributed by atoms with E-state index >= 15 is 0 Å². The van der Waals surface area contributed by atoms with Crippen molar-refractivity contribution in [2.75, 3.05) is 26.2 Å². The topological polar surface area (TPSA) is 32.3 Å². The first-order chi connectivity index (χ1) is 9.58. The van der Waals surface area contributed by atoms with E-state index in [0.29, 0.717) is 6.54 Å². The smallest absolute Gasteiger partial charge is 0.255 e. The first-order valence-electron chi connectivity index (χ1n) is 7.02. The van der Waals surface area contributed by atoms with Crippen LogP contribution in [0.25, 0.3) is 0 Å². The molecular formula is C15H20ClFN2O. The summed E-state index contributed by atoms with van der Waals surface area (Å²) in [5, 5.41) is 2.88. The summed E-state index contributed by atoms with van der Waals surface area (Å²) in [4.78, 5) is 14.2. The van der Waals surface area contributed by atoms with Crippen LogP contribution in [0.2, 0.25) is 5.02 Å². The molecule has 0 atom stereocenters. The highest BCUT2D eigenvalue weighted by molar-refractivity contribution is 6.33. The molecular weight excluding hydrogens is 279 g/mol. The van der Waals surface area contributed by atoms with E-state index in [-0.39, 0.29) is 10.6 Å². The largest absolute Gasteiger partial charge is 0.351 e. The van der Waals surface area contributed by atoms with Crippen molar-refractivity contribution in [2.24, 2.45) is 5.92 Å². The van der Waals surface area contributed by atoms with Crippen molar-refractivity contribution in [3.63, 3.8) is 0 Å². The van der Waals surface area contributed by atoms with E-state index in [4.69, 9.17) is 11.6 Å². The number of rotatable bonds is 4. The normalized spacial score (nSPS) is 17.1. The molecule has 0 aliphatic carbocycles. The van der Waals surface area contributed by atoms with E-state index in [1.165, 1.54) is 31.0 Å². The Hall–Kier alpha value is -1.13. The van der Waals surface area contributed by atoms with Gasteiger partial charge in [-0.05, 0) is 44.0 Å². The first-order valence-corrected chi connectivity index (χ1v) is 7.40. The van der Waals surface area contributed by atoms with Gasteiger partial charge in [0.15, 0.2) is 0 Å². The lowest BCUT2D eigenvalue weighted by atomic mass is 9.99. The first kappa shape index (κ1) is 15.3. The summed E-state index contributed by atoms with van der Waals surface area (Å²) in [7, 11) is 0. The van der Waals surface area contributed by atoms with Gasteiger partial charge in [-0.1, -0.05) is 24.6 Å². The zero-order valence-corrected chi connectivity index (χ0v) is 12.4. The molecule has 0 spiro atoms. The number of piperidine rings is 1. The fraction of sp³-hybridized carbons (Fsp3) is 0.533. The van der Waals surface area contributed by atoms with Crippen LogP contribution in [0.3, 0.4) is 0 Å². The van der Waals surface area contributed by atoms with Gasteiger partial charge in [0.05, 0.1) is 10.6 Å². The van der Waals surface area contributed by atoms with Gasteiger partial charge in [-0.15, -0.1) is 0 Å². The Balaban J connectivity index is 1.81. The molecule has 1 aromatic rings. The highest BCUT2D eigenvalue weighted by Gasteiger charge is 2.17. The molecule has 20 heavy (non-hydrogen) atoms. The SMILES string of the molecule is CC1CCN(CCNC(=O)c2c(F)cccc2Cl)CC1. The minimum atomic E-state index is -0.582. The van der Waals surface area contributed by atoms with Crippen LogP contribution in [-0.2, 0) is 0 Å². The van der Waals surface area contributed by atoms with Crippen LogP contribution in [0.4, 0.5) is 4.39 Å². The highest BCUT2D eigenvalue weighted by Crippen LogP contribution is 2.18. The number of hydrogen-bond donors (Lipinski definition) is 1. The Morgan fingerprint density at radius 2 is 2.15 bits per heavy atom. The Kier molecular flexibility index (Phi) is 5.38. The van der Waals surface area contributed by atoms with Crippen LogP contribution in [0, 0.1) is 11.7 Å². The molecule has 0 aromatic heterocycles. The Bertz CT molecular complexity index is 453. The second-order valence-electron chi connectivity index (χ2n) is 5.38. The number of carbonyl (C=O) groups excluding carboxylic acids is 1. The summed E-state index contributed by atoms with van der Waals surface area (Å²) in [5.74, 6) is -0.238. The molecule has 1 aromatic carbocycles. The predicted octanol–water partition coefficient (Wildman–Crippen LogP) is 2.94. The lowest BCUT2D eigenvalue weighted by Gasteiger charge is -2.30. The average molecular weight is 299 g/mol. The summed E-state index contributed by atoms with van der Waals surface area (Å²) in [6, 6.07) is 4.25. The van der Waals surface area contributed by atoms with Gasteiger partial charge in [0.1, 0.15) is 5.82 Å². The van der Waals surface area contributed by atoms with E-state index < -0.39 is 11.7 Å². The Morgan fingerprint density at radius 3 is 2.80 bits per heavy atom. The number of benzene rings is 1. The molecule has 1 amide bonds. The molecule has 2 rings (SSSR count). The van der Waals surface area contributed by atoms with Crippen molar-refractivity contribution in [3.8, 4) is 0 Å². The number of nitrogens with zero attached hydrogens (tertiary/aromatic N) is 1. The summed E-state index contributed by atoms with van der Waals surface area (Å²) in [6.07, 6.45) is 2.40. The van der Waals surface area contributed by atoms with Crippen LogP contribution in [-0.4, -0.2) is 37.0 Å². The zero-order valence-electron chi connectivity index (χ0n) is 11.7. The quantitative estimate of drug-likeness (QED) is 0.927. The fourth-order valence-electron chi connectivity index (χ4n) is 2.42. The van der Waals surface area contributed by atoms with Crippen LogP contribution < -0.4 is 5.32 Å². The van der Waals surface area contributed by atoms with E-state index in [0.717, 1.165) is 25.6 Å². The number of hydrogen-bond acceptors (Lipinski definition) is 2. The second-order valence-corrected chi connectivity index (χ2v) is 5.78. The van der Waals surface area contributed by atoms with Crippen molar-refractivity contribution in [2.45, 2.75) is 19.8 Å². The van der Waals surface area contributed by atoms with Gasteiger partial charge in [0.2, 0.25) is 0 Å². The lowest BCUT2D eigenvalue weighted by molar-refractivity contribution is 0.0940. The maximum atomic E-state index is 13.6. The third kappa shape index (κ3) is 3.93. The van der Waals surface area contributed by atoms with Crippen molar-refractivity contribution < 1.29 is 9.18 Å². The summed E-state index contributed by atoms with van der Waals surface area (Å²) in [5.41, 5.74) is -0.0681. The van der Waals surface area contributed by atoms with Gasteiger partial charge in [0, 0.05) is 13.1 Å². The van der Waals surface area contributed by atoms with E-state index in [1.807, 2.05) is 0 Å². The molecule has 0 radical (unpaired) electrons. The molecule has 1 N–H and O–H groups in total. The summed E-state index contributed by atoms with van der Waals surface area (Å²) in [6.45, 7) is 5.71. The predicted molar refractivity (Wildman–Crippen MR) is 78.6 cm³/mol. The van der Waals surface area contributed by atoms with Gasteiger partial charge >= 0.3 is 0 Å². The van der Waals surface area contributed by atoms with Gasteiger partial charge in [-0.2, -0.15) is 0 Å². The second kappa shape index (κ2) is 7.04. The molecule has 0 saturated carbocycles. The molecule has 1 aliphatic heterocycles. The molecule has 1 saturated heterocycles. The highest BCUT2D eigenvalue weighted by atomic mass is 35.5. The molecule has 3 nitrogen and oxygen atoms in total. The average Bonchev–Trinajstić information content (AvgIpc) is 2.41. The maximum absolute atomic E-state index is 13.6. The molecule has 5 heteroatoms. The van der Waals surface area contributed by atoms with Crippen LogP contribution in [0.15, 0.2) is 18.2 Å².